The molecule has 0 radical (unpaired) electrons. The summed E-state index contributed by atoms with van der Waals surface area (Å²) in [5.74, 6) is 6.13. The number of anilines is 1. The van der Waals surface area contributed by atoms with Gasteiger partial charge >= 0.3 is 0 Å². The van der Waals surface area contributed by atoms with Crippen LogP contribution < -0.4 is 11.3 Å². The monoisotopic (exact) mass is 247 g/mol. The SMILES string of the molecule is NNc1cc(CN2CCN3CCCC3C2)ccn1. The number of rotatable bonds is 3. The second kappa shape index (κ2) is 5.22. The smallest absolute Gasteiger partial charge is 0.140 e. The normalized spacial score (nSPS) is 25.1. The topological polar surface area (TPSA) is 57.4 Å². The van der Waals surface area contributed by atoms with Crippen LogP contribution in [0.5, 0.6) is 0 Å². The highest BCUT2D eigenvalue weighted by atomic mass is 15.3. The average Bonchev–Trinajstić information content (AvgIpc) is 2.86. The molecule has 5 nitrogen and oxygen atoms in total. The fourth-order valence-corrected chi connectivity index (χ4v) is 3.11. The van der Waals surface area contributed by atoms with E-state index < -0.39 is 0 Å². The Bertz CT molecular complexity index is 408. The maximum atomic E-state index is 5.39. The van der Waals surface area contributed by atoms with Gasteiger partial charge in [-0.3, -0.25) is 9.80 Å². The zero-order valence-electron chi connectivity index (χ0n) is 10.7. The summed E-state index contributed by atoms with van der Waals surface area (Å²) >= 11 is 0. The van der Waals surface area contributed by atoms with Crippen molar-refractivity contribution in [3.63, 3.8) is 0 Å². The van der Waals surface area contributed by atoms with Crippen LogP contribution >= 0.6 is 0 Å². The molecule has 0 bridgehead atoms. The van der Waals surface area contributed by atoms with E-state index in [0.29, 0.717) is 0 Å². The highest BCUT2D eigenvalue weighted by Gasteiger charge is 2.30. The zero-order chi connectivity index (χ0) is 12.4. The third-order valence-electron chi connectivity index (χ3n) is 4.05. The van der Waals surface area contributed by atoms with Crippen LogP contribution in [0.2, 0.25) is 0 Å². The molecule has 98 valence electrons. The minimum absolute atomic E-state index is 0.743. The molecule has 1 aromatic heterocycles. The summed E-state index contributed by atoms with van der Waals surface area (Å²) in [5.41, 5.74) is 3.89. The zero-order valence-corrected chi connectivity index (χ0v) is 10.7. The van der Waals surface area contributed by atoms with Gasteiger partial charge in [0.25, 0.3) is 0 Å². The van der Waals surface area contributed by atoms with Crippen molar-refractivity contribution in [2.75, 3.05) is 31.6 Å². The molecule has 1 unspecified atom stereocenters. The first-order chi connectivity index (χ1) is 8.85. The molecule has 0 spiro atoms. The van der Waals surface area contributed by atoms with E-state index in [4.69, 9.17) is 5.84 Å². The highest BCUT2D eigenvalue weighted by molar-refractivity contribution is 5.35. The second-order valence-electron chi connectivity index (χ2n) is 5.26. The minimum Gasteiger partial charge on any atom is -0.308 e. The summed E-state index contributed by atoms with van der Waals surface area (Å²) in [4.78, 5) is 9.32. The summed E-state index contributed by atoms with van der Waals surface area (Å²) in [6, 6.07) is 4.88. The van der Waals surface area contributed by atoms with E-state index in [1.807, 2.05) is 12.3 Å². The van der Waals surface area contributed by atoms with Crippen LogP contribution in [0.15, 0.2) is 18.3 Å². The van der Waals surface area contributed by atoms with E-state index in [-0.39, 0.29) is 0 Å². The minimum atomic E-state index is 0.743. The van der Waals surface area contributed by atoms with Crippen LogP contribution in [0, 0.1) is 0 Å². The summed E-state index contributed by atoms with van der Waals surface area (Å²) in [6.45, 7) is 5.90. The molecule has 1 aromatic rings. The van der Waals surface area contributed by atoms with Gasteiger partial charge < -0.3 is 5.43 Å². The molecule has 0 amide bonds. The number of pyridine rings is 1. The van der Waals surface area contributed by atoms with Crippen LogP contribution in [0.25, 0.3) is 0 Å². The lowest BCUT2D eigenvalue weighted by Crippen LogP contribution is -2.49. The van der Waals surface area contributed by atoms with Gasteiger partial charge in [-0.25, -0.2) is 10.8 Å². The van der Waals surface area contributed by atoms with Crippen LogP contribution in [0.1, 0.15) is 18.4 Å². The summed E-state index contributed by atoms with van der Waals surface area (Å²) in [5, 5.41) is 0. The van der Waals surface area contributed by atoms with Crippen LogP contribution in [0.4, 0.5) is 5.82 Å². The van der Waals surface area contributed by atoms with Crippen molar-refractivity contribution in [3.05, 3.63) is 23.9 Å². The van der Waals surface area contributed by atoms with Gasteiger partial charge in [0.1, 0.15) is 5.82 Å². The first kappa shape index (κ1) is 11.9. The Labute approximate surface area is 108 Å². The van der Waals surface area contributed by atoms with Gasteiger partial charge in [-0.1, -0.05) is 0 Å². The number of hydrazine groups is 1. The van der Waals surface area contributed by atoms with Gasteiger partial charge in [-0.05, 0) is 37.1 Å². The maximum Gasteiger partial charge on any atom is 0.140 e. The molecule has 3 heterocycles. The van der Waals surface area contributed by atoms with Crippen LogP contribution in [-0.4, -0.2) is 47.0 Å². The van der Waals surface area contributed by atoms with Gasteiger partial charge in [-0.15, -0.1) is 0 Å². The largest absolute Gasteiger partial charge is 0.308 e. The maximum absolute atomic E-state index is 5.39. The molecule has 2 saturated heterocycles. The molecule has 5 heteroatoms. The van der Waals surface area contributed by atoms with Crippen molar-refractivity contribution in [2.45, 2.75) is 25.4 Å². The van der Waals surface area contributed by atoms with Crippen molar-refractivity contribution < 1.29 is 0 Å². The Hall–Kier alpha value is -1.17. The van der Waals surface area contributed by atoms with Gasteiger partial charge in [0, 0.05) is 38.4 Å². The van der Waals surface area contributed by atoms with E-state index in [1.54, 1.807) is 0 Å². The number of piperazine rings is 1. The van der Waals surface area contributed by atoms with Crippen molar-refractivity contribution in [3.8, 4) is 0 Å². The van der Waals surface area contributed by atoms with Gasteiger partial charge in [0.05, 0.1) is 0 Å². The number of fused-ring (bicyclic) bond motifs is 1. The van der Waals surface area contributed by atoms with E-state index in [2.05, 4.69) is 26.3 Å². The lowest BCUT2D eigenvalue weighted by atomic mass is 10.1. The molecule has 0 aliphatic carbocycles. The Morgan fingerprint density at radius 2 is 2.33 bits per heavy atom. The number of hydrogen-bond acceptors (Lipinski definition) is 5. The van der Waals surface area contributed by atoms with Crippen molar-refractivity contribution in [2.24, 2.45) is 5.84 Å². The molecule has 3 N–H and O–H groups in total. The molecule has 3 rings (SSSR count). The molecular weight excluding hydrogens is 226 g/mol. The summed E-state index contributed by atoms with van der Waals surface area (Å²) < 4.78 is 0. The number of nitrogens with one attached hydrogen (secondary N) is 1. The standard InChI is InChI=1S/C13H21N5/c14-16-13-8-11(3-4-15-13)9-17-6-7-18-5-1-2-12(18)10-17/h3-4,8,12H,1-2,5-7,9-10,14H2,(H,15,16). The number of nitrogens with zero attached hydrogens (tertiary/aromatic N) is 3. The molecule has 0 aromatic carbocycles. The molecule has 18 heavy (non-hydrogen) atoms. The summed E-state index contributed by atoms with van der Waals surface area (Å²) in [6.07, 6.45) is 4.55. The van der Waals surface area contributed by atoms with Gasteiger partial charge in [-0.2, -0.15) is 0 Å². The van der Waals surface area contributed by atoms with Gasteiger partial charge in [0.2, 0.25) is 0 Å². The molecular formula is C13H21N5. The fourth-order valence-electron chi connectivity index (χ4n) is 3.11. The molecule has 1 atom stereocenters. The van der Waals surface area contributed by atoms with E-state index >= 15 is 0 Å². The molecule has 2 aliphatic rings. The Kier molecular flexibility index (Phi) is 3.45. The second-order valence-corrected chi connectivity index (χ2v) is 5.26. The molecule has 2 fully saturated rings. The predicted molar refractivity (Wildman–Crippen MR) is 71.9 cm³/mol. The lowest BCUT2D eigenvalue weighted by molar-refractivity contribution is 0.0994. The summed E-state index contributed by atoms with van der Waals surface area (Å²) in [7, 11) is 0. The van der Waals surface area contributed by atoms with E-state index in [9.17, 15) is 0 Å². The molecule has 2 aliphatic heterocycles. The number of aromatic nitrogens is 1. The van der Waals surface area contributed by atoms with E-state index in [1.165, 1.54) is 44.6 Å². The Morgan fingerprint density at radius 3 is 3.22 bits per heavy atom. The average molecular weight is 247 g/mol. The van der Waals surface area contributed by atoms with Crippen molar-refractivity contribution in [1.82, 2.24) is 14.8 Å². The number of hydrogen-bond donors (Lipinski definition) is 2. The van der Waals surface area contributed by atoms with Crippen LogP contribution in [0.3, 0.4) is 0 Å². The van der Waals surface area contributed by atoms with Crippen molar-refractivity contribution >= 4 is 5.82 Å². The fraction of sp³-hybridized carbons (Fsp3) is 0.615. The lowest BCUT2D eigenvalue weighted by Gasteiger charge is -2.37. The third-order valence-corrected chi connectivity index (χ3v) is 4.05. The Morgan fingerprint density at radius 1 is 1.39 bits per heavy atom. The number of nitrogen functional groups attached to an aromatic ring is 1. The van der Waals surface area contributed by atoms with Gasteiger partial charge in [0.15, 0.2) is 0 Å². The quantitative estimate of drug-likeness (QED) is 0.606. The predicted octanol–water partition coefficient (Wildman–Crippen LogP) is 0.647. The highest BCUT2D eigenvalue weighted by Crippen LogP contribution is 2.22. The van der Waals surface area contributed by atoms with E-state index in [0.717, 1.165) is 18.4 Å². The first-order valence-electron chi connectivity index (χ1n) is 6.73. The molecule has 0 saturated carbocycles. The third kappa shape index (κ3) is 2.48. The number of nitrogens with two attached hydrogens (primary N) is 1. The Balaban J connectivity index is 1.62. The first-order valence-corrected chi connectivity index (χ1v) is 6.73. The van der Waals surface area contributed by atoms with Crippen LogP contribution in [-0.2, 0) is 6.54 Å². The van der Waals surface area contributed by atoms with Crippen molar-refractivity contribution in [1.29, 1.82) is 0 Å².